The third-order valence-corrected chi connectivity index (χ3v) is 3.72. The summed E-state index contributed by atoms with van der Waals surface area (Å²) in [5.41, 5.74) is 2.08. The maximum absolute atomic E-state index is 13.1. The molecule has 4 heteroatoms. The minimum atomic E-state index is -0.309. The fourth-order valence-electron chi connectivity index (χ4n) is 2.39. The molecule has 1 unspecified atom stereocenters. The molecule has 0 fully saturated rings. The molecule has 0 saturated carbocycles. The van der Waals surface area contributed by atoms with Gasteiger partial charge in [-0.15, -0.1) is 0 Å². The van der Waals surface area contributed by atoms with Crippen molar-refractivity contribution >= 4 is 11.6 Å². The van der Waals surface area contributed by atoms with Crippen molar-refractivity contribution in [2.24, 2.45) is 0 Å². The summed E-state index contributed by atoms with van der Waals surface area (Å²) in [7, 11) is 0. The van der Waals surface area contributed by atoms with Crippen LogP contribution in [0.25, 0.3) is 0 Å². The quantitative estimate of drug-likeness (QED) is 0.847. The van der Waals surface area contributed by atoms with Gasteiger partial charge >= 0.3 is 0 Å². The number of aryl methyl sites for hydroxylation is 1. The Morgan fingerprint density at radius 1 is 1.30 bits per heavy atom. The van der Waals surface area contributed by atoms with Crippen molar-refractivity contribution in [1.29, 1.82) is 0 Å². The van der Waals surface area contributed by atoms with E-state index in [0.29, 0.717) is 11.4 Å². The number of likely N-dealkylation sites (N-methyl/N-ethyl adjacent to an activating group) is 1. The maximum Gasteiger partial charge on any atom is 0.124 e. The molecule has 20 heavy (non-hydrogen) atoms. The first-order valence-electron chi connectivity index (χ1n) is 6.89. The molecule has 108 valence electrons. The molecule has 0 saturated heterocycles. The molecule has 0 bridgehead atoms. The minimum Gasteiger partial charge on any atom is -0.469 e. The summed E-state index contributed by atoms with van der Waals surface area (Å²) in [6, 6.07) is 6.66. The van der Waals surface area contributed by atoms with E-state index >= 15 is 0 Å². The van der Waals surface area contributed by atoms with Crippen molar-refractivity contribution in [3.05, 3.63) is 58.3 Å². The number of rotatable bonds is 6. The molecule has 2 nitrogen and oxygen atoms in total. The second-order valence-corrected chi connectivity index (χ2v) is 5.11. The van der Waals surface area contributed by atoms with Crippen LogP contribution in [0, 0.1) is 5.82 Å². The van der Waals surface area contributed by atoms with Gasteiger partial charge in [0.1, 0.15) is 11.6 Å². The highest BCUT2D eigenvalue weighted by Gasteiger charge is 2.18. The van der Waals surface area contributed by atoms with Gasteiger partial charge in [-0.1, -0.05) is 31.5 Å². The summed E-state index contributed by atoms with van der Waals surface area (Å²) in [6.45, 7) is 4.97. The van der Waals surface area contributed by atoms with Crippen LogP contribution < -0.4 is 5.32 Å². The van der Waals surface area contributed by atoms with Crippen molar-refractivity contribution in [3.63, 3.8) is 0 Å². The van der Waals surface area contributed by atoms with Crippen LogP contribution in [0.4, 0.5) is 4.39 Å². The molecule has 0 radical (unpaired) electrons. The second-order valence-electron chi connectivity index (χ2n) is 4.70. The molecule has 0 aliphatic carbocycles. The zero-order valence-corrected chi connectivity index (χ0v) is 12.5. The number of hydrogen-bond acceptors (Lipinski definition) is 2. The fourth-order valence-corrected chi connectivity index (χ4v) is 2.64. The molecular weight excluding hydrogens is 277 g/mol. The van der Waals surface area contributed by atoms with E-state index in [0.717, 1.165) is 29.9 Å². The third kappa shape index (κ3) is 3.41. The van der Waals surface area contributed by atoms with Gasteiger partial charge in [-0.25, -0.2) is 4.39 Å². The largest absolute Gasteiger partial charge is 0.469 e. The standard InChI is InChI=1S/C16H19ClFNO/c1-3-16-13(7-8-20-16)15(19-4-2)9-11-5-6-12(18)10-14(11)17/h5-8,10,15,19H,3-4,9H2,1-2H3. The summed E-state index contributed by atoms with van der Waals surface area (Å²) in [6.07, 6.45) is 3.27. The molecule has 1 heterocycles. The van der Waals surface area contributed by atoms with Gasteiger partial charge in [0.25, 0.3) is 0 Å². The predicted octanol–water partition coefficient (Wildman–Crippen LogP) is 4.53. The first-order valence-corrected chi connectivity index (χ1v) is 7.27. The lowest BCUT2D eigenvalue weighted by Crippen LogP contribution is -2.23. The van der Waals surface area contributed by atoms with Gasteiger partial charge in [0.2, 0.25) is 0 Å². The van der Waals surface area contributed by atoms with Crippen LogP contribution in [-0.4, -0.2) is 6.54 Å². The molecule has 0 aliphatic rings. The lowest BCUT2D eigenvalue weighted by atomic mass is 9.98. The first kappa shape index (κ1) is 15.1. The molecule has 1 N–H and O–H groups in total. The van der Waals surface area contributed by atoms with Crippen molar-refractivity contribution in [3.8, 4) is 0 Å². The predicted molar refractivity (Wildman–Crippen MR) is 79.6 cm³/mol. The lowest BCUT2D eigenvalue weighted by molar-refractivity contribution is 0.487. The van der Waals surface area contributed by atoms with Crippen molar-refractivity contribution < 1.29 is 8.81 Å². The van der Waals surface area contributed by atoms with Crippen LogP contribution in [0.15, 0.2) is 34.9 Å². The zero-order chi connectivity index (χ0) is 14.5. The van der Waals surface area contributed by atoms with Gasteiger partial charge in [0.05, 0.1) is 6.26 Å². The topological polar surface area (TPSA) is 25.2 Å². The Balaban J connectivity index is 2.25. The van der Waals surface area contributed by atoms with E-state index in [1.54, 1.807) is 12.3 Å². The van der Waals surface area contributed by atoms with E-state index in [4.69, 9.17) is 16.0 Å². The molecule has 0 aliphatic heterocycles. The fraction of sp³-hybridized carbons (Fsp3) is 0.375. The van der Waals surface area contributed by atoms with Gasteiger partial charge in [-0.2, -0.15) is 0 Å². The Labute approximate surface area is 123 Å². The van der Waals surface area contributed by atoms with Crippen molar-refractivity contribution in [2.45, 2.75) is 32.7 Å². The van der Waals surface area contributed by atoms with E-state index in [-0.39, 0.29) is 11.9 Å². The Hall–Kier alpha value is -1.32. The number of furan rings is 1. The van der Waals surface area contributed by atoms with Crippen LogP contribution in [0.1, 0.15) is 36.8 Å². The SMILES string of the molecule is CCNC(Cc1ccc(F)cc1Cl)c1ccoc1CC. The molecule has 1 aromatic carbocycles. The summed E-state index contributed by atoms with van der Waals surface area (Å²) in [5, 5.41) is 3.90. The van der Waals surface area contributed by atoms with Gasteiger partial charge < -0.3 is 9.73 Å². The third-order valence-electron chi connectivity index (χ3n) is 3.37. The summed E-state index contributed by atoms with van der Waals surface area (Å²) < 4.78 is 18.6. The first-order chi connectivity index (χ1) is 9.65. The normalized spacial score (nSPS) is 12.6. The lowest BCUT2D eigenvalue weighted by Gasteiger charge is -2.18. The summed E-state index contributed by atoms with van der Waals surface area (Å²) >= 11 is 6.12. The molecule has 1 aromatic heterocycles. The Morgan fingerprint density at radius 3 is 2.75 bits per heavy atom. The monoisotopic (exact) mass is 295 g/mol. The number of hydrogen-bond donors (Lipinski definition) is 1. The summed E-state index contributed by atoms with van der Waals surface area (Å²) in [5.74, 6) is 0.672. The van der Waals surface area contributed by atoms with Gasteiger partial charge in [-0.3, -0.25) is 0 Å². The molecule has 0 amide bonds. The molecule has 0 spiro atoms. The number of halogens is 2. The van der Waals surface area contributed by atoms with Gasteiger partial charge in [0, 0.05) is 23.0 Å². The van der Waals surface area contributed by atoms with Crippen LogP contribution >= 0.6 is 11.6 Å². The highest BCUT2D eigenvalue weighted by Crippen LogP contribution is 2.27. The van der Waals surface area contributed by atoms with Gasteiger partial charge in [0.15, 0.2) is 0 Å². The van der Waals surface area contributed by atoms with Crippen molar-refractivity contribution in [2.75, 3.05) is 6.54 Å². The van der Waals surface area contributed by atoms with E-state index in [1.165, 1.54) is 12.1 Å². The molecule has 1 atom stereocenters. The number of benzene rings is 1. The minimum absolute atomic E-state index is 0.122. The van der Waals surface area contributed by atoms with Crippen LogP contribution in [0.3, 0.4) is 0 Å². The van der Waals surface area contributed by atoms with Crippen LogP contribution in [0.5, 0.6) is 0 Å². The Kier molecular flexibility index (Phi) is 5.21. The smallest absolute Gasteiger partial charge is 0.124 e. The highest BCUT2D eigenvalue weighted by molar-refractivity contribution is 6.31. The van der Waals surface area contributed by atoms with E-state index in [9.17, 15) is 4.39 Å². The van der Waals surface area contributed by atoms with Crippen LogP contribution in [-0.2, 0) is 12.8 Å². The highest BCUT2D eigenvalue weighted by atomic mass is 35.5. The summed E-state index contributed by atoms with van der Waals surface area (Å²) in [4.78, 5) is 0. The van der Waals surface area contributed by atoms with E-state index < -0.39 is 0 Å². The molecule has 2 aromatic rings. The average Bonchev–Trinajstić information content (AvgIpc) is 2.89. The molecule has 2 rings (SSSR count). The van der Waals surface area contributed by atoms with E-state index in [2.05, 4.69) is 19.2 Å². The van der Waals surface area contributed by atoms with Crippen LogP contribution in [0.2, 0.25) is 5.02 Å². The Bertz CT molecular complexity index is 567. The maximum atomic E-state index is 13.1. The molecular formula is C16H19ClFNO. The average molecular weight is 296 g/mol. The zero-order valence-electron chi connectivity index (χ0n) is 11.7. The Morgan fingerprint density at radius 2 is 2.10 bits per heavy atom. The van der Waals surface area contributed by atoms with Gasteiger partial charge in [-0.05, 0) is 36.7 Å². The number of nitrogens with one attached hydrogen (secondary N) is 1. The second kappa shape index (κ2) is 6.91. The van der Waals surface area contributed by atoms with E-state index in [1.807, 2.05) is 6.07 Å². The van der Waals surface area contributed by atoms with Crippen molar-refractivity contribution in [1.82, 2.24) is 5.32 Å².